The van der Waals surface area contributed by atoms with E-state index in [0.717, 1.165) is 46.7 Å². The first-order valence-corrected chi connectivity index (χ1v) is 12.9. The molecule has 2 aliphatic rings. The van der Waals surface area contributed by atoms with Gasteiger partial charge in [-0.25, -0.2) is 12.7 Å². The van der Waals surface area contributed by atoms with Gasteiger partial charge in [0.05, 0.1) is 16.5 Å². The maximum Gasteiger partial charge on any atom is 0.271 e. The fraction of sp³-hybridized carbons (Fsp3) is 0.296. The van der Waals surface area contributed by atoms with Crippen molar-refractivity contribution in [1.82, 2.24) is 4.31 Å². The van der Waals surface area contributed by atoms with Crippen LogP contribution in [0.15, 0.2) is 77.7 Å². The van der Waals surface area contributed by atoms with Crippen LogP contribution in [0.25, 0.3) is 11.1 Å². The molecule has 1 aliphatic heterocycles. The van der Waals surface area contributed by atoms with Crippen LogP contribution in [0.4, 0.5) is 0 Å². The van der Waals surface area contributed by atoms with Gasteiger partial charge in [-0.15, -0.1) is 0 Å². The number of ether oxygens (including phenoxy) is 1. The molecule has 1 amide bonds. The summed E-state index contributed by atoms with van der Waals surface area (Å²) in [6.45, 7) is 1.91. The molecule has 0 saturated heterocycles. The summed E-state index contributed by atoms with van der Waals surface area (Å²) in [7, 11) is -4.05. The van der Waals surface area contributed by atoms with Gasteiger partial charge in [0.15, 0.2) is 0 Å². The first-order chi connectivity index (χ1) is 15.9. The summed E-state index contributed by atoms with van der Waals surface area (Å²) < 4.78 is 35.2. The molecule has 3 aromatic carbocycles. The predicted molar refractivity (Wildman–Crippen MR) is 128 cm³/mol. The molecule has 0 aromatic heterocycles. The van der Waals surface area contributed by atoms with Gasteiger partial charge in [0.25, 0.3) is 15.9 Å². The quantitative estimate of drug-likeness (QED) is 0.510. The molecule has 6 heteroatoms. The fourth-order valence-corrected chi connectivity index (χ4v) is 6.43. The van der Waals surface area contributed by atoms with Crippen LogP contribution in [0, 0.1) is 6.92 Å². The molecular formula is C27H27NO4S. The van der Waals surface area contributed by atoms with E-state index < -0.39 is 22.0 Å². The molecule has 1 aliphatic carbocycles. The van der Waals surface area contributed by atoms with E-state index in [4.69, 9.17) is 4.74 Å². The lowest BCUT2D eigenvalue weighted by Crippen LogP contribution is -2.49. The summed E-state index contributed by atoms with van der Waals surface area (Å²) in [5.41, 5.74) is 3.06. The zero-order valence-electron chi connectivity index (χ0n) is 18.6. The standard InChI is InChI=1S/C27H27NO4S/c1-19-12-15-22(16-13-19)33(30,31)28-24-10-6-3-7-11-26(24)32-25-17-14-21(18-23(25)27(28)29)20-8-4-2-5-9-20/h2,4-5,8-9,12-18,24,26H,3,6-7,10-11H2,1H3/t24-,26-/m1/s1. The average molecular weight is 462 g/mol. The van der Waals surface area contributed by atoms with Crippen LogP contribution in [0.5, 0.6) is 5.75 Å². The number of sulfonamides is 1. The number of rotatable bonds is 3. The van der Waals surface area contributed by atoms with E-state index in [0.29, 0.717) is 17.7 Å². The van der Waals surface area contributed by atoms with E-state index in [9.17, 15) is 13.2 Å². The fourth-order valence-electron chi connectivity index (χ4n) is 4.81. The van der Waals surface area contributed by atoms with Crippen molar-refractivity contribution in [2.45, 2.75) is 56.1 Å². The van der Waals surface area contributed by atoms with Crippen molar-refractivity contribution in [3.8, 4) is 16.9 Å². The second-order valence-electron chi connectivity index (χ2n) is 8.86. The van der Waals surface area contributed by atoms with Gasteiger partial charge in [0.1, 0.15) is 11.9 Å². The number of nitrogens with zero attached hydrogens (tertiary/aromatic N) is 1. The Morgan fingerprint density at radius 2 is 1.58 bits per heavy atom. The summed E-state index contributed by atoms with van der Waals surface area (Å²) in [6.07, 6.45) is 3.77. The highest BCUT2D eigenvalue weighted by Crippen LogP contribution is 2.38. The van der Waals surface area contributed by atoms with Crippen LogP contribution in [-0.2, 0) is 10.0 Å². The molecule has 170 valence electrons. The van der Waals surface area contributed by atoms with Crippen molar-refractivity contribution in [1.29, 1.82) is 0 Å². The van der Waals surface area contributed by atoms with Gasteiger partial charge in [0.2, 0.25) is 0 Å². The number of fused-ring (bicyclic) bond motifs is 2. The van der Waals surface area contributed by atoms with Gasteiger partial charge in [-0.1, -0.05) is 66.9 Å². The molecule has 5 nitrogen and oxygen atoms in total. The third-order valence-corrected chi connectivity index (χ3v) is 8.41. The van der Waals surface area contributed by atoms with Crippen molar-refractivity contribution in [2.75, 3.05) is 0 Å². The van der Waals surface area contributed by atoms with E-state index in [2.05, 4.69) is 0 Å². The number of hydrogen-bond donors (Lipinski definition) is 0. The van der Waals surface area contributed by atoms with E-state index in [1.165, 1.54) is 0 Å². The monoisotopic (exact) mass is 461 g/mol. The van der Waals surface area contributed by atoms with E-state index in [1.807, 2.05) is 43.3 Å². The molecule has 33 heavy (non-hydrogen) atoms. The van der Waals surface area contributed by atoms with Crippen molar-refractivity contribution >= 4 is 15.9 Å². The number of carbonyl (C=O) groups excluding carboxylic acids is 1. The predicted octanol–water partition coefficient (Wildman–Crippen LogP) is 5.59. The summed E-state index contributed by atoms with van der Waals surface area (Å²) in [5, 5.41) is 0. The van der Waals surface area contributed by atoms with Crippen molar-refractivity contribution in [2.24, 2.45) is 0 Å². The third-order valence-electron chi connectivity index (χ3n) is 6.59. The summed E-state index contributed by atoms with van der Waals surface area (Å²) in [5.74, 6) is -0.0593. The Labute approximate surface area is 195 Å². The number of carbonyl (C=O) groups is 1. The van der Waals surface area contributed by atoms with Gasteiger partial charge >= 0.3 is 0 Å². The van der Waals surface area contributed by atoms with E-state index >= 15 is 0 Å². The minimum Gasteiger partial charge on any atom is -0.487 e. The third kappa shape index (κ3) is 4.04. The minimum absolute atomic E-state index is 0.132. The second kappa shape index (κ2) is 8.67. The maximum atomic E-state index is 13.9. The Balaban J connectivity index is 1.66. The summed E-state index contributed by atoms with van der Waals surface area (Å²) >= 11 is 0. The zero-order valence-corrected chi connectivity index (χ0v) is 19.4. The Morgan fingerprint density at radius 1 is 0.848 bits per heavy atom. The Kier molecular flexibility index (Phi) is 5.71. The highest BCUT2D eigenvalue weighted by molar-refractivity contribution is 7.89. The number of hydrogen-bond acceptors (Lipinski definition) is 4. The largest absolute Gasteiger partial charge is 0.487 e. The van der Waals surface area contributed by atoms with Crippen LogP contribution >= 0.6 is 0 Å². The second-order valence-corrected chi connectivity index (χ2v) is 10.7. The van der Waals surface area contributed by atoms with E-state index in [1.54, 1.807) is 36.4 Å². The molecule has 1 fully saturated rings. The Bertz CT molecular complexity index is 1270. The van der Waals surface area contributed by atoms with Gasteiger partial charge in [-0.3, -0.25) is 4.79 Å². The Morgan fingerprint density at radius 3 is 2.33 bits per heavy atom. The molecule has 2 atom stereocenters. The first kappa shape index (κ1) is 21.7. The average Bonchev–Trinajstić information content (AvgIpc) is 3.11. The lowest BCUT2D eigenvalue weighted by Gasteiger charge is -2.32. The van der Waals surface area contributed by atoms with Crippen LogP contribution in [-0.4, -0.2) is 30.8 Å². The highest BCUT2D eigenvalue weighted by Gasteiger charge is 2.44. The number of amides is 1. The molecule has 0 spiro atoms. The van der Waals surface area contributed by atoms with E-state index in [-0.39, 0.29) is 11.0 Å². The van der Waals surface area contributed by atoms with Gasteiger partial charge in [0, 0.05) is 0 Å². The lowest BCUT2D eigenvalue weighted by molar-refractivity contribution is 0.0724. The number of aryl methyl sites for hydroxylation is 1. The molecule has 0 N–H and O–H groups in total. The lowest BCUT2D eigenvalue weighted by atomic mass is 10.0. The highest BCUT2D eigenvalue weighted by atomic mass is 32.2. The minimum atomic E-state index is -4.05. The molecule has 5 rings (SSSR count). The molecule has 0 unspecified atom stereocenters. The van der Waals surface area contributed by atoms with Gasteiger partial charge < -0.3 is 4.74 Å². The normalized spacial score (nSPS) is 20.8. The SMILES string of the molecule is Cc1ccc(S(=O)(=O)N2C(=O)c3cc(-c4ccccc4)ccc3O[C@@H]3CCCCC[C@H]32)cc1. The molecule has 1 heterocycles. The Hall–Kier alpha value is -3.12. The van der Waals surface area contributed by atoms with Crippen LogP contribution in [0.2, 0.25) is 0 Å². The zero-order chi connectivity index (χ0) is 23.0. The smallest absolute Gasteiger partial charge is 0.271 e. The van der Waals surface area contributed by atoms with Crippen LogP contribution in [0.1, 0.15) is 48.0 Å². The summed E-state index contributed by atoms with van der Waals surface area (Å²) in [6, 6.07) is 21.4. The summed E-state index contributed by atoms with van der Waals surface area (Å²) in [4.78, 5) is 14.1. The van der Waals surface area contributed by atoms with Crippen molar-refractivity contribution in [3.63, 3.8) is 0 Å². The maximum absolute atomic E-state index is 13.9. The molecule has 0 radical (unpaired) electrons. The van der Waals surface area contributed by atoms with Crippen molar-refractivity contribution in [3.05, 3.63) is 83.9 Å². The number of benzene rings is 3. The van der Waals surface area contributed by atoms with Crippen molar-refractivity contribution < 1.29 is 17.9 Å². The molecule has 3 aromatic rings. The van der Waals surface area contributed by atoms with Gasteiger partial charge in [-0.2, -0.15) is 0 Å². The van der Waals surface area contributed by atoms with Gasteiger partial charge in [-0.05, 0) is 61.6 Å². The van der Waals surface area contributed by atoms with Crippen LogP contribution < -0.4 is 4.74 Å². The van der Waals surface area contributed by atoms with Crippen LogP contribution in [0.3, 0.4) is 0 Å². The topological polar surface area (TPSA) is 63.7 Å². The first-order valence-electron chi connectivity index (χ1n) is 11.5. The molecule has 1 saturated carbocycles. The molecule has 0 bridgehead atoms. The molecular weight excluding hydrogens is 434 g/mol.